The molecule has 2 aromatic rings. The van der Waals surface area contributed by atoms with Gasteiger partial charge in [0.05, 0.1) is 18.8 Å². The van der Waals surface area contributed by atoms with Crippen LogP contribution in [0.15, 0.2) is 24.3 Å². The molecule has 1 saturated heterocycles. The number of benzene rings is 1. The lowest BCUT2D eigenvalue weighted by Crippen LogP contribution is -2.51. The number of aliphatic hydroxyl groups excluding tert-OH is 3. The SMILES string of the molecule is Cc1c(Cc2ccc(OC(C)C)cc2)c(OC2CC(O)C(O)C(CO)O2)nn1C(C)C. The average Bonchev–Trinajstić information content (AvgIpc) is 3.01. The number of ether oxygens (including phenoxy) is 3. The highest BCUT2D eigenvalue weighted by atomic mass is 16.7. The minimum Gasteiger partial charge on any atom is -0.491 e. The number of nitrogens with zero attached hydrogens (tertiary/aromatic N) is 2. The van der Waals surface area contributed by atoms with Crippen LogP contribution >= 0.6 is 0 Å². The molecule has 0 saturated carbocycles. The summed E-state index contributed by atoms with van der Waals surface area (Å²) >= 11 is 0. The first-order valence-electron chi connectivity index (χ1n) is 10.8. The Morgan fingerprint density at radius 2 is 1.84 bits per heavy atom. The normalized spacial score (nSPS) is 24.1. The van der Waals surface area contributed by atoms with E-state index in [0.717, 1.165) is 22.6 Å². The van der Waals surface area contributed by atoms with Crippen molar-refractivity contribution in [2.24, 2.45) is 0 Å². The maximum absolute atomic E-state index is 10.1. The Morgan fingerprint density at radius 3 is 2.42 bits per heavy atom. The minimum absolute atomic E-state index is 0.0892. The Labute approximate surface area is 183 Å². The van der Waals surface area contributed by atoms with Gasteiger partial charge in [-0.3, -0.25) is 4.68 Å². The van der Waals surface area contributed by atoms with Crippen LogP contribution in [0.1, 0.15) is 57.0 Å². The number of hydrogen-bond acceptors (Lipinski definition) is 7. The van der Waals surface area contributed by atoms with Gasteiger partial charge in [0.25, 0.3) is 0 Å². The number of aliphatic hydroxyl groups is 3. The molecule has 1 aliphatic rings. The number of hydrogen-bond donors (Lipinski definition) is 3. The molecule has 31 heavy (non-hydrogen) atoms. The molecule has 4 unspecified atom stereocenters. The van der Waals surface area contributed by atoms with Gasteiger partial charge in [-0.15, -0.1) is 5.10 Å². The first-order valence-corrected chi connectivity index (χ1v) is 10.8. The van der Waals surface area contributed by atoms with Crippen molar-refractivity contribution in [3.8, 4) is 11.6 Å². The monoisotopic (exact) mass is 434 g/mol. The predicted molar refractivity (Wildman–Crippen MR) is 115 cm³/mol. The zero-order valence-corrected chi connectivity index (χ0v) is 18.9. The Morgan fingerprint density at radius 1 is 1.16 bits per heavy atom. The van der Waals surface area contributed by atoms with Crippen molar-refractivity contribution in [3.63, 3.8) is 0 Å². The van der Waals surface area contributed by atoms with Crippen LogP contribution in [0.25, 0.3) is 0 Å². The summed E-state index contributed by atoms with van der Waals surface area (Å²) in [5.74, 6) is 1.25. The summed E-state index contributed by atoms with van der Waals surface area (Å²) in [6.07, 6.45) is -3.09. The number of aromatic nitrogens is 2. The lowest BCUT2D eigenvalue weighted by atomic mass is 10.0. The van der Waals surface area contributed by atoms with Gasteiger partial charge in [-0.05, 0) is 52.3 Å². The van der Waals surface area contributed by atoms with Gasteiger partial charge < -0.3 is 29.5 Å². The van der Waals surface area contributed by atoms with E-state index in [2.05, 4.69) is 5.10 Å². The zero-order valence-electron chi connectivity index (χ0n) is 18.9. The molecule has 1 aromatic carbocycles. The molecule has 1 fully saturated rings. The van der Waals surface area contributed by atoms with E-state index in [1.54, 1.807) is 0 Å². The van der Waals surface area contributed by atoms with E-state index >= 15 is 0 Å². The molecule has 0 spiro atoms. The Hall–Kier alpha value is -2.13. The Bertz CT molecular complexity index is 848. The van der Waals surface area contributed by atoms with Crippen molar-refractivity contribution in [2.45, 2.75) is 84.2 Å². The topological polar surface area (TPSA) is 106 Å². The summed E-state index contributed by atoms with van der Waals surface area (Å²) in [4.78, 5) is 0. The van der Waals surface area contributed by atoms with Crippen molar-refractivity contribution < 1.29 is 29.5 Å². The van der Waals surface area contributed by atoms with Crippen molar-refractivity contribution in [3.05, 3.63) is 41.1 Å². The molecule has 172 valence electrons. The zero-order chi connectivity index (χ0) is 22.7. The quantitative estimate of drug-likeness (QED) is 0.586. The lowest BCUT2D eigenvalue weighted by molar-refractivity contribution is -0.230. The Balaban J connectivity index is 1.83. The van der Waals surface area contributed by atoms with Crippen molar-refractivity contribution in [1.29, 1.82) is 0 Å². The molecule has 3 N–H and O–H groups in total. The highest BCUT2D eigenvalue weighted by molar-refractivity contribution is 5.38. The summed E-state index contributed by atoms with van der Waals surface area (Å²) in [6, 6.07) is 8.08. The van der Waals surface area contributed by atoms with Gasteiger partial charge in [-0.25, -0.2) is 0 Å². The molecular weight excluding hydrogens is 400 g/mol. The van der Waals surface area contributed by atoms with Crippen LogP contribution in [-0.2, 0) is 11.2 Å². The van der Waals surface area contributed by atoms with E-state index < -0.39 is 31.2 Å². The molecule has 3 rings (SSSR count). The summed E-state index contributed by atoms with van der Waals surface area (Å²) in [5.41, 5.74) is 3.00. The second kappa shape index (κ2) is 9.99. The van der Waals surface area contributed by atoms with Crippen molar-refractivity contribution in [1.82, 2.24) is 9.78 Å². The molecular formula is C23H34N2O6. The second-order valence-electron chi connectivity index (χ2n) is 8.59. The molecule has 0 radical (unpaired) electrons. The molecule has 8 nitrogen and oxygen atoms in total. The molecule has 0 aliphatic carbocycles. The summed E-state index contributed by atoms with van der Waals surface area (Å²) in [7, 11) is 0. The minimum atomic E-state index is -1.15. The van der Waals surface area contributed by atoms with Crippen LogP contribution in [0.3, 0.4) is 0 Å². The van der Waals surface area contributed by atoms with E-state index in [4.69, 9.17) is 14.2 Å². The molecule has 4 atom stereocenters. The third-order valence-corrected chi connectivity index (χ3v) is 5.36. The van der Waals surface area contributed by atoms with Gasteiger partial charge in [0.15, 0.2) is 0 Å². The fraction of sp³-hybridized carbons (Fsp3) is 0.609. The maximum Gasteiger partial charge on any atom is 0.238 e. The van der Waals surface area contributed by atoms with Crippen LogP contribution in [0.2, 0.25) is 0 Å². The molecule has 1 aliphatic heterocycles. The number of rotatable bonds is 8. The van der Waals surface area contributed by atoms with Crippen molar-refractivity contribution in [2.75, 3.05) is 6.61 Å². The maximum atomic E-state index is 10.1. The van der Waals surface area contributed by atoms with E-state index in [1.165, 1.54) is 0 Å². The third-order valence-electron chi connectivity index (χ3n) is 5.36. The average molecular weight is 435 g/mol. The fourth-order valence-electron chi connectivity index (χ4n) is 3.76. The van der Waals surface area contributed by atoms with Gasteiger partial charge >= 0.3 is 0 Å². The van der Waals surface area contributed by atoms with Gasteiger partial charge in [0.1, 0.15) is 18.0 Å². The van der Waals surface area contributed by atoms with Crippen LogP contribution in [0.5, 0.6) is 11.6 Å². The summed E-state index contributed by atoms with van der Waals surface area (Å²) in [5, 5.41) is 34.1. The van der Waals surface area contributed by atoms with E-state index in [9.17, 15) is 15.3 Å². The largest absolute Gasteiger partial charge is 0.491 e. The molecule has 1 aromatic heterocycles. The smallest absolute Gasteiger partial charge is 0.238 e. The van der Waals surface area contributed by atoms with Gasteiger partial charge in [0.2, 0.25) is 12.2 Å². The molecule has 0 amide bonds. The first-order chi connectivity index (χ1) is 14.7. The standard InChI is InChI=1S/C23H34N2O6/c1-13(2)25-15(5)18(10-16-6-8-17(9-7-16)29-14(3)4)23(24-25)31-21-11-19(27)22(28)20(12-26)30-21/h6-9,13-14,19-22,26-28H,10-12H2,1-5H3. The predicted octanol–water partition coefficient (Wildman–Crippen LogP) is 2.36. The molecule has 8 heteroatoms. The van der Waals surface area contributed by atoms with Gasteiger partial charge in [-0.2, -0.15) is 0 Å². The molecule has 0 bridgehead atoms. The van der Waals surface area contributed by atoms with Gasteiger partial charge in [0, 0.05) is 30.1 Å². The first kappa shape index (κ1) is 23.5. The summed E-state index contributed by atoms with van der Waals surface area (Å²) in [6.45, 7) is 9.67. The van der Waals surface area contributed by atoms with Crippen LogP contribution in [0.4, 0.5) is 0 Å². The Kier molecular flexibility index (Phi) is 7.59. The molecule has 2 heterocycles. The summed E-state index contributed by atoms with van der Waals surface area (Å²) < 4.78 is 19.3. The second-order valence-corrected chi connectivity index (χ2v) is 8.59. The fourth-order valence-corrected chi connectivity index (χ4v) is 3.76. The van der Waals surface area contributed by atoms with E-state index in [1.807, 2.05) is 63.6 Å². The van der Waals surface area contributed by atoms with Crippen LogP contribution in [-0.4, -0.2) is 62.4 Å². The van der Waals surface area contributed by atoms with E-state index in [0.29, 0.717) is 12.3 Å². The van der Waals surface area contributed by atoms with Crippen LogP contribution in [0, 0.1) is 6.92 Å². The van der Waals surface area contributed by atoms with E-state index in [-0.39, 0.29) is 18.6 Å². The highest BCUT2D eigenvalue weighted by Crippen LogP contribution is 2.30. The highest BCUT2D eigenvalue weighted by Gasteiger charge is 2.38. The van der Waals surface area contributed by atoms with Crippen LogP contribution < -0.4 is 9.47 Å². The van der Waals surface area contributed by atoms with Crippen molar-refractivity contribution >= 4 is 0 Å². The lowest BCUT2D eigenvalue weighted by Gasteiger charge is -2.35. The van der Waals surface area contributed by atoms with Gasteiger partial charge in [-0.1, -0.05) is 12.1 Å². The third kappa shape index (κ3) is 5.57.